The molecular weight excluding hydrogens is 334 g/mol. The molecule has 0 bridgehead atoms. The van der Waals surface area contributed by atoms with Gasteiger partial charge in [0.05, 0.1) is 16.6 Å². The van der Waals surface area contributed by atoms with Crippen LogP contribution >= 0.6 is 22.9 Å². The van der Waals surface area contributed by atoms with Crippen LogP contribution in [0.2, 0.25) is 5.02 Å². The number of aromatic nitrogens is 1. The van der Waals surface area contributed by atoms with Crippen molar-refractivity contribution in [3.05, 3.63) is 39.3 Å². The van der Waals surface area contributed by atoms with Crippen LogP contribution in [0.5, 0.6) is 5.75 Å². The van der Waals surface area contributed by atoms with Gasteiger partial charge in [-0.1, -0.05) is 25.4 Å². The molecule has 1 heterocycles. The van der Waals surface area contributed by atoms with E-state index in [-0.39, 0.29) is 5.91 Å². The highest BCUT2D eigenvalue weighted by atomic mass is 35.5. The van der Waals surface area contributed by atoms with Crippen LogP contribution < -0.4 is 15.8 Å². The van der Waals surface area contributed by atoms with Crippen molar-refractivity contribution in [3.8, 4) is 5.75 Å². The smallest absolute Gasteiger partial charge is 0.275 e. The first-order valence-electron chi connectivity index (χ1n) is 7.37. The van der Waals surface area contributed by atoms with E-state index in [0.717, 1.165) is 5.01 Å². The normalized spacial score (nSPS) is 10.8. The molecular formula is C16H20ClN3O2S. The lowest BCUT2D eigenvalue weighted by Gasteiger charge is -2.11. The predicted molar refractivity (Wildman–Crippen MR) is 94.6 cm³/mol. The van der Waals surface area contributed by atoms with Crippen LogP contribution in [-0.4, -0.2) is 24.0 Å². The van der Waals surface area contributed by atoms with Crippen molar-refractivity contribution >= 4 is 34.5 Å². The Bertz CT molecular complexity index is 673. The quantitative estimate of drug-likeness (QED) is 0.797. The molecule has 3 N–H and O–H groups in total. The van der Waals surface area contributed by atoms with Crippen LogP contribution in [0.1, 0.15) is 29.3 Å². The van der Waals surface area contributed by atoms with Gasteiger partial charge in [-0.15, -0.1) is 11.3 Å². The van der Waals surface area contributed by atoms with Gasteiger partial charge in [0.15, 0.2) is 0 Å². The van der Waals surface area contributed by atoms with Crippen LogP contribution in [0.4, 0.5) is 5.69 Å². The van der Waals surface area contributed by atoms with E-state index < -0.39 is 0 Å². The van der Waals surface area contributed by atoms with Gasteiger partial charge in [0, 0.05) is 17.5 Å². The maximum atomic E-state index is 12.2. The zero-order valence-corrected chi connectivity index (χ0v) is 14.7. The van der Waals surface area contributed by atoms with Crippen molar-refractivity contribution in [2.24, 2.45) is 11.7 Å². The molecule has 1 aromatic carbocycles. The van der Waals surface area contributed by atoms with Gasteiger partial charge in [-0.3, -0.25) is 4.79 Å². The molecule has 124 valence electrons. The number of halogens is 1. The van der Waals surface area contributed by atoms with E-state index in [4.69, 9.17) is 22.1 Å². The summed E-state index contributed by atoms with van der Waals surface area (Å²) in [5.74, 6) is 0.756. The lowest BCUT2D eigenvalue weighted by molar-refractivity contribution is 0.102. The topological polar surface area (TPSA) is 77.2 Å². The highest BCUT2D eigenvalue weighted by Gasteiger charge is 2.12. The maximum absolute atomic E-state index is 12.2. The molecule has 0 aliphatic rings. The Morgan fingerprint density at radius 3 is 2.91 bits per heavy atom. The largest absolute Gasteiger partial charge is 0.492 e. The molecule has 0 fully saturated rings. The molecule has 0 saturated carbocycles. The second-order valence-electron chi connectivity index (χ2n) is 5.47. The van der Waals surface area contributed by atoms with E-state index in [0.29, 0.717) is 47.6 Å². The number of hydrogen-bond acceptors (Lipinski definition) is 5. The summed E-state index contributed by atoms with van der Waals surface area (Å²) in [7, 11) is 0. The van der Waals surface area contributed by atoms with Crippen LogP contribution in [0.15, 0.2) is 23.6 Å². The van der Waals surface area contributed by atoms with Crippen LogP contribution in [-0.2, 0) is 6.42 Å². The second kappa shape index (κ2) is 8.29. The van der Waals surface area contributed by atoms with Crippen molar-refractivity contribution in [2.75, 3.05) is 18.5 Å². The van der Waals surface area contributed by atoms with E-state index in [2.05, 4.69) is 24.1 Å². The number of nitrogens with two attached hydrogens (primary N) is 1. The average molecular weight is 354 g/mol. The minimum absolute atomic E-state index is 0.267. The summed E-state index contributed by atoms with van der Waals surface area (Å²) < 4.78 is 5.61. The van der Waals surface area contributed by atoms with Crippen molar-refractivity contribution < 1.29 is 9.53 Å². The van der Waals surface area contributed by atoms with E-state index in [1.165, 1.54) is 11.3 Å². The summed E-state index contributed by atoms with van der Waals surface area (Å²) in [5.41, 5.74) is 6.47. The first kappa shape index (κ1) is 17.7. The van der Waals surface area contributed by atoms with Crippen molar-refractivity contribution in [1.82, 2.24) is 4.98 Å². The molecule has 2 rings (SSSR count). The number of hydrogen-bond donors (Lipinski definition) is 2. The predicted octanol–water partition coefficient (Wildman–Crippen LogP) is 3.58. The summed E-state index contributed by atoms with van der Waals surface area (Å²) in [6, 6.07) is 5.18. The molecule has 0 aliphatic heterocycles. The Balaban J connectivity index is 2.01. The highest BCUT2D eigenvalue weighted by molar-refractivity contribution is 7.09. The van der Waals surface area contributed by atoms with Crippen molar-refractivity contribution in [2.45, 2.75) is 20.3 Å². The van der Waals surface area contributed by atoms with Crippen LogP contribution in [0.3, 0.4) is 0 Å². The fourth-order valence-corrected chi connectivity index (χ4v) is 2.83. The number of thiazole rings is 1. The number of ether oxygens (including phenoxy) is 1. The Morgan fingerprint density at radius 1 is 1.48 bits per heavy atom. The Morgan fingerprint density at radius 2 is 2.26 bits per heavy atom. The molecule has 1 amide bonds. The third kappa shape index (κ3) is 5.20. The SMILES string of the molecule is CC(C)COc1ccc(NC(=O)c2csc(CCN)n2)cc1Cl. The van der Waals surface area contributed by atoms with E-state index >= 15 is 0 Å². The van der Waals surface area contributed by atoms with E-state index in [1.54, 1.807) is 23.6 Å². The number of benzene rings is 1. The van der Waals surface area contributed by atoms with Gasteiger partial charge in [0.2, 0.25) is 0 Å². The van der Waals surface area contributed by atoms with E-state index in [9.17, 15) is 4.79 Å². The molecule has 1 aromatic heterocycles. The molecule has 23 heavy (non-hydrogen) atoms. The molecule has 0 atom stereocenters. The summed E-state index contributed by atoms with van der Waals surface area (Å²) >= 11 is 7.61. The molecule has 7 heteroatoms. The van der Waals surface area contributed by atoms with Gasteiger partial charge in [0.1, 0.15) is 11.4 Å². The Labute approximate surface area is 144 Å². The summed E-state index contributed by atoms with van der Waals surface area (Å²) in [5, 5.41) is 5.82. The summed E-state index contributed by atoms with van der Waals surface area (Å²) in [6.07, 6.45) is 0.672. The van der Waals surface area contributed by atoms with Gasteiger partial charge in [-0.2, -0.15) is 0 Å². The van der Waals surface area contributed by atoms with Gasteiger partial charge in [-0.05, 0) is 30.7 Å². The van der Waals surface area contributed by atoms with Gasteiger partial charge in [0.25, 0.3) is 5.91 Å². The van der Waals surface area contributed by atoms with Gasteiger partial charge < -0.3 is 15.8 Å². The number of nitrogens with zero attached hydrogens (tertiary/aromatic N) is 1. The minimum Gasteiger partial charge on any atom is -0.492 e. The maximum Gasteiger partial charge on any atom is 0.275 e. The standard InChI is InChI=1S/C16H20ClN3O2S/c1-10(2)8-22-14-4-3-11(7-12(14)17)19-16(21)13-9-23-15(20-13)5-6-18/h3-4,7,9-10H,5-6,8,18H2,1-2H3,(H,19,21). The molecule has 0 spiro atoms. The summed E-state index contributed by atoms with van der Waals surface area (Å²) in [6.45, 7) is 5.24. The van der Waals surface area contributed by atoms with Crippen molar-refractivity contribution in [1.29, 1.82) is 0 Å². The van der Waals surface area contributed by atoms with E-state index in [1.807, 2.05) is 0 Å². The Kier molecular flexibility index (Phi) is 6.38. The molecule has 5 nitrogen and oxygen atoms in total. The number of rotatable bonds is 7. The molecule has 0 saturated heterocycles. The number of carbonyl (C=O) groups excluding carboxylic acids is 1. The second-order valence-corrected chi connectivity index (χ2v) is 6.82. The lowest BCUT2D eigenvalue weighted by Crippen LogP contribution is -2.13. The fourth-order valence-electron chi connectivity index (χ4n) is 1.80. The fraction of sp³-hybridized carbons (Fsp3) is 0.375. The lowest BCUT2D eigenvalue weighted by atomic mass is 10.2. The van der Waals surface area contributed by atoms with Crippen LogP contribution in [0, 0.1) is 5.92 Å². The van der Waals surface area contributed by atoms with Crippen molar-refractivity contribution in [3.63, 3.8) is 0 Å². The number of amides is 1. The van der Waals surface area contributed by atoms with Crippen LogP contribution in [0.25, 0.3) is 0 Å². The molecule has 0 radical (unpaired) electrons. The average Bonchev–Trinajstić information content (AvgIpc) is 2.95. The zero-order valence-electron chi connectivity index (χ0n) is 13.1. The number of carbonyl (C=O) groups is 1. The first-order chi connectivity index (χ1) is 11.0. The third-order valence-electron chi connectivity index (χ3n) is 2.90. The molecule has 0 unspecified atom stereocenters. The number of nitrogens with one attached hydrogen (secondary N) is 1. The van der Waals surface area contributed by atoms with Gasteiger partial charge >= 0.3 is 0 Å². The van der Waals surface area contributed by atoms with Gasteiger partial charge in [-0.25, -0.2) is 4.98 Å². The Hall–Kier alpha value is -1.63. The molecule has 0 aliphatic carbocycles. The third-order valence-corrected chi connectivity index (χ3v) is 4.11. The first-order valence-corrected chi connectivity index (χ1v) is 8.63. The summed E-state index contributed by atoms with van der Waals surface area (Å²) in [4.78, 5) is 16.4. The highest BCUT2D eigenvalue weighted by Crippen LogP contribution is 2.28. The number of anilines is 1. The molecule has 2 aromatic rings. The zero-order chi connectivity index (χ0) is 16.8. The minimum atomic E-state index is -0.267. The monoisotopic (exact) mass is 353 g/mol.